The molecular weight excluding hydrogens is 378 g/mol. The maximum absolute atomic E-state index is 9.22. The second kappa shape index (κ2) is 10.0. The summed E-state index contributed by atoms with van der Waals surface area (Å²) in [6, 6.07) is 13.2. The van der Waals surface area contributed by atoms with Crippen LogP contribution in [0.4, 0.5) is 5.82 Å². The molecule has 2 heterocycles. The quantitative estimate of drug-likeness (QED) is 0.431. The number of piperidine rings is 1. The van der Waals surface area contributed by atoms with E-state index in [1.807, 2.05) is 0 Å². The van der Waals surface area contributed by atoms with E-state index in [-0.39, 0.29) is 0 Å². The van der Waals surface area contributed by atoms with E-state index in [1.165, 1.54) is 43.0 Å². The van der Waals surface area contributed by atoms with Gasteiger partial charge in [0.1, 0.15) is 0 Å². The van der Waals surface area contributed by atoms with Gasteiger partial charge >= 0.3 is 0 Å². The van der Waals surface area contributed by atoms with Crippen molar-refractivity contribution in [2.24, 2.45) is 5.92 Å². The van der Waals surface area contributed by atoms with Crippen LogP contribution in [0.2, 0.25) is 0 Å². The van der Waals surface area contributed by atoms with Gasteiger partial charge in [0, 0.05) is 18.7 Å². The second-order valence-electron chi connectivity index (χ2n) is 6.95. The van der Waals surface area contributed by atoms with Crippen LogP contribution in [-0.2, 0) is 27.7 Å². The maximum atomic E-state index is 9.22. The van der Waals surface area contributed by atoms with E-state index in [4.69, 9.17) is 0 Å². The Morgan fingerprint density at radius 3 is 2.39 bits per heavy atom. The van der Waals surface area contributed by atoms with E-state index in [1.54, 1.807) is 0 Å². The van der Waals surface area contributed by atoms with Crippen LogP contribution in [0.1, 0.15) is 33.6 Å². The molecule has 0 amide bonds. The van der Waals surface area contributed by atoms with Gasteiger partial charge in [0.05, 0.1) is 19.7 Å². The highest BCUT2D eigenvalue weighted by Crippen LogP contribution is 2.27. The maximum Gasteiger partial charge on any atom is 0.240 e. The summed E-state index contributed by atoms with van der Waals surface area (Å²) in [6.07, 6.45) is 2.67. The second-order valence-corrected chi connectivity index (χ2v) is 8.10. The van der Waals surface area contributed by atoms with Crippen molar-refractivity contribution in [3.05, 3.63) is 36.4 Å². The molecule has 0 N–H and O–H groups in total. The summed E-state index contributed by atoms with van der Waals surface area (Å²) in [6.45, 7) is 11.2. The molecule has 2 aromatic rings. The number of hydrogen-bond acceptors (Lipinski definition) is 5. The molecule has 0 spiro atoms. The lowest BCUT2D eigenvalue weighted by molar-refractivity contribution is -0.761. The van der Waals surface area contributed by atoms with Crippen molar-refractivity contribution in [2.45, 2.75) is 46.7 Å². The predicted molar refractivity (Wildman–Crippen MR) is 109 cm³/mol. The van der Waals surface area contributed by atoms with Crippen LogP contribution < -0.4 is 9.58 Å². The van der Waals surface area contributed by atoms with Crippen molar-refractivity contribution < 1.29 is 21.8 Å². The van der Waals surface area contributed by atoms with Gasteiger partial charge < -0.3 is 9.45 Å². The molecule has 0 radical (unpaired) electrons. The molecular formula is C20H31N3O4S. The molecule has 0 bridgehead atoms. The molecule has 0 saturated carbocycles. The van der Waals surface area contributed by atoms with Crippen LogP contribution in [0, 0.1) is 5.92 Å². The van der Waals surface area contributed by atoms with Gasteiger partial charge in [0.15, 0.2) is 12.4 Å². The van der Waals surface area contributed by atoms with Crippen molar-refractivity contribution >= 4 is 16.2 Å². The van der Waals surface area contributed by atoms with Crippen LogP contribution in [0.3, 0.4) is 0 Å². The molecule has 1 aromatic heterocycles. The van der Waals surface area contributed by atoms with E-state index < -0.39 is 10.4 Å². The number of rotatable bonds is 5. The fourth-order valence-electron chi connectivity index (χ4n) is 3.69. The highest BCUT2D eigenvalue weighted by atomic mass is 32.3. The standard InChI is InChI=1S/C19H28N3.CH4O4S/c1-4-21-18(17-11-7-6-8-12-17)14-19(22(21)5-2)20-13-9-10-16(3)15-20;1-5-6(2,3)4/h6-8,11-12,14,16H,4-5,9-10,13,15H2,1-3H3;1H3,(H,2,3,4)/q+1;/p-1. The minimum Gasteiger partial charge on any atom is -0.726 e. The molecule has 3 rings (SSSR count). The SMILES string of the molecule is CCn1c(N2CCCC(C)C2)cc(-c2ccccc2)[n+]1CC.COS(=O)(=O)[O-]. The molecule has 156 valence electrons. The summed E-state index contributed by atoms with van der Waals surface area (Å²) < 4.78 is 35.9. The third kappa shape index (κ3) is 5.80. The monoisotopic (exact) mass is 409 g/mol. The molecule has 7 nitrogen and oxygen atoms in total. The van der Waals surface area contributed by atoms with E-state index in [9.17, 15) is 13.0 Å². The first-order valence-corrected chi connectivity index (χ1v) is 11.1. The van der Waals surface area contributed by atoms with Gasteiger partial charge in [-0.1, -0.05) is 25.1 Å². The van der Waals surface area contributed by atoms with Crippen LogP contribution in [0.25, 0.3) is 11.3 Å². The van der Waals surface area contributed by atoms with Crippen LogP contribution in [0.5, 0.6) is 0 Å². The Balaban J connectivity index is 0.000000409. The zero-order valence-electron chi connectivity index (χ0n) is 17.2. The van der Waals surface area contributed by atoms with Gasteiger partial charge in [-0.2, -0.15) is 0 Å². The van der Waals surface area contributed by atoms with Gasteiger partial charge in [-0.25, -0.2) is 8.42 Å². The molecule has 1 aliphatic heterocycles. The van der Waals surface area contributed by atoms with E-state index in [0.717, 1.165) is 26.1 Å². The lowest BCUT2D eigenvalue weighted by atomic mass is 10.0. The molecule has 1 aromatic carbocycles. The predicted octanol–water partition coefficient (Wildman–Crippen LogP) is 2.81. The summed E-state index contributed by atoms with van der Waals surface area (Å²) in [4.78, 5) is 2.58. The Bertz CT molecular complexity index is 850. The number of aromatic nitrogens is 2. The molecule has 8 heteroatoms. The van der Waals surface area contributed by atoms with E-state index in [0.29, 0.717) is 0 Å². The van der Waals surface area contributed by atoms with Gasteiger partial charge in [-0.15, -0.1) is 9.36 Å². The van der Waals surface area contributed by atoms with Crippen LogP contribution >= 0.6 is 0 Å². The molecule has 1 saturated heterocycles. The number of nitrogens with zero attached hydrogens (tertiary/aromatic N) is 3. The minimum absolute atomic E-state index is 0.796. The molecule has 1 unspecified atom stereocenters. The van der Waals surface area contributed by atoms with Crippen LogP contribution in [0.15, 0.2) is 36.4 Å². The van der Waals surface area contributed by atoms with Gasteiger partial charge in [0.2, 0.25) is 16.1 Å². The first-order chi connectivity index (χ1) is 13.3. The third-order valence-electron chi connectivity index (χ3n) is 4.95. The average molecular weight is 410 g/mol. The van der Waals surface area contributed by atoms with Crippen molar-refractivity contribution in [2.75, 3.05) is 25.1 Å². The molecule has 1 fully saturated rings. The van der Waals surface area contributed by atoms with Crippen LogP contribution in [-0.4, -0.2) is 37.9 Å². The van der Waals surface area contributed by atoms with Gasteiger partial charge in [0.25, 0.3) is 0 Å². The molecule has 1 atom stereocenters. The highest BCUT2D eigenvalue weighted by molar-refractivity contribution is 7.80. The smallest absolute Gasteiger partial charge is 0.240 e. The summed E-state index contributed by atoms with van der Waals surface area (Å²) >= 11 is 0. The normalized spacial score (nSPS) is 17.2. The molecule has 0 aliphatic carbocycles. The zero-order valence-corrected chi connectivity index (χ0v) is 18.0. The minimum atomic E-state index is -4.41. The molecule has 1 aliphatic rings. The third-order valence-corrected chi connectivity index (χ3v) is 5.36. The summed E-state index contributed by atoms with van der Waals surface area (Å²) in [7, 11) is -3.60. The number of benzene rings is 1. The van der Waals surface area contributed by atoms with E-state index >= 15 is 0 Å². The summed E-state index contributed by atoms with van der Waals surface area (Å²) in [5.41, 5.74) is 2.64. The van der Waals surface area contributed by atoms with Gasteiger partial charge in [-0.05, 0) is 44.7 Å². The Hall–Kier alpha value is -1.90. The van der Waals surface area contributed by atoms with Crippen molar-refractivity contribution in [1.29, 1.82) is 0 Å². The topological polar surface area (TPSA) is 78.5 Å². The van der Waals surface area contributed by atoms with Crippen molar-refractivity contribution in [1.82, 2.24) is 4.68 Å². The van der Waals surface area contributed by atoms with Gasteiger partial charge in [-0.3, -0.25) is 4.18 Å². The lowest BCUT2D eigenvalue weighted by Crippen LogP contribution is -2.45. The molecule has 28 heavy (non-hydrogen) atoms. The fraction of sp³-hybridized carbons (Fsp3) is 0.550. The first-order valence-electron chi connectivity index (χ1n) is 9.76. The van der Waals surface area contributed by atoms with Crippen molar-refractivity contribution in [3.63, 3.8) is 0 Å². The summed E-state index contributed by atoms with van der Waals surface area (Å²) in [5, 5.41) is 0. The Labute approximate surface area is 168 Å². The largest absolute Gasteiger partial charge is 0.726 e. The first kappa shape index (κ1) is 22.4. The zero-order chi connectivity index (χ0) is 20.7. The Morgan fingerprint density at radius 1 is 1.25 bits per heavy atom. The highest BCUT2D eigenvalue weighted by Gasteiger charge is 2.27. The number of anilines is 1. The summed E-state index contributed by atoms with van der Waals surface area (Å²) in [5.74, 6) is 2.18. The fourth-order valence-corrected chi connectivity index (χ4v) is 3.69. The van der Waals surface area contributed by atoms with E-state index in [2.05, 4.69) is 75.6 Å². The Morgan fingerprint density at radius 2 is 1.89 bits per heavy atom. The lowest BCUT2D eigenvalue weighted by Gasteiger charge is -2.31. The van der Waals surface area contributed by atoms with Crippen molar-refractivity contribution in [3.8, 4) is 11.3 Å². The Kier molecular flexibility index (Phi) is 8.03. The average Bonchev–Trinajstić information content (AvgIpc) is 3.07. The number of hydrogen-bond donors (Lipinski definition) is 0.